The van der Waals surface area contributed by atoms with Gasteiger partial charge in [0.25, 0.3) is 0 Å². The second-order valence-electron chi connectivity index (χ2n) is 7.23. The molecule has 0 aliphatic carbocycles. The minimum Gasteiger partial charge on any atom is -0.497 e. The number of benzene rings is 2. The van der Waals surface area contributed by atoms with Crippen molar-refractivity contribution < 1.29 is 9.47 Å². The molecule has 2 heterocycles. The van der Waals surface area contributed by atoms with E-state index in [1.165, 1.54) is 0 Å². The normalized spacial score (nSPS) is 18.8. The zero-order valence-electron chi connectivity index (χ0n) is 15.4. The molecule has 0 aromatic heterocycles. The number of guanidine groups is 1. The molecule has 2 aliphatic heterocycles. The first kappa shape index (κ1) is 17.5. The molecule has 0 spiro atoms. The van der Waals surface area contributed by atoms with Crippen LogP contribution in [0.5, 0.6) is 11.5 Å². The minimum absolute atomic E-state index is 0.0429. The van der Waals surface area contributed by atoms with Gasteiger partial charge >= 0.3 is 0 Å². The Balaban J connectivity index is 1.51. The molecular weight excluding hydrogens is 338 g/mol. The van der Waals surface area contributed by atoms with Crippen LogP contribution in [0.4, 0.5) is 0 Å². The Morgan fingerprint density at radius 3 is 2.41 bits per heavy atom. The number of likely N-dealkylation sites (tertiary alicyclic amines) is 1. The number of fused-ring (bicyclic) bond motifs is 2. The van der Waals surface area contributed by atoms with E-state index < -0.39 is 0 Å². The molecule has 2 aromatic carbocycles. The summed E-state index contributed by atoms with van der Waals surface area (Å²) in [5.41, 5.74) is 7.80. The zero-order valence-corrected chi connectivity index (χ0v) is 15.4. The maximum Gasteiger partial charge on any atom is 0.188 e. The van der Waals surface area contributed by atoms with Crippen LogP contribution in [-0.2, 0) is 4.74 Å². The second-order valence-corrected chi connectivity index (χ2v) is 7.23. The van der Waals surface area contributed by atoms with Crippen LogP contribution in [-0.4, -0.2) is 30.6 Å². The van der Waals surface area contributed by atoms with Gasteiger partial charge in [-0.3, -0.25) is 5.41 Å². The lowest BCUT2D eigenvalue weighted by molar-refractivity contribution is 0.117. The summed E-state index contributed by atoms with van der Waals surface area (Å²) in [6.45, 7) is 6.47. The molecule has 0 saturated carbocycles. The number of hydrogen-bond acceptors (Lipinski definition) is 3. The quantitative estimate of drug-likeness (QED) is 0.488. The van der Waals surface area contributed by atoms with E-state index in [0.717, 1.165) is 54.3 Å². The molecule has 0 unspecified atom stereocenters. The molecule has 4 rings (SSSR count). The van der Waals surface area contributed by atoms with Gasteiger partial charge in [-0.2, -0.15) is 0 Å². The largest absolute Gasteiger partial charge is 0.497 e. The van der Waals surface area contributed by atoms with Gasteiger partial charge in [-0.05, 0) is 25.0 Å². The molecular formula is C22H25N3O2. The molecule has 3 N–H and O–H groups in total. The molecule has 1 atom stereocenters. The van der Waals surface area contributed by atoms with Crippen molar-refractivity contribution in [3.8, 4) is 11.5 Å². The van der Waals surface area contributed by atoms with Crippen molar-refractivity contribution in [3.63, 3.8) is 0 Å². The number of nitrogens with zero attached hydrogens (tertiary/aromatic N) is 1. The lowest BCUT2D eigenvalue weighted by Gasteiger charge is -2.34. The maximum atomic E-state index is 7.65. The molecule has 1 fully saturated rings. The molecule has 1 saturated heterocycles. The summed E-state index contributed by atoms with van der Waals surface area (Å²) in [6, 6.07) is 16.1. The number of rotatable bonds is 4. The van der Waals surface area contributed by atoms with E-state index in [-0.39, 0.29) is 11.9 Å². The summed E-state index contributed by atoms with van der Waals surface area (Å²) >= 11 is 0. The predicted molar refractivity (Wildman–Crippen MR) is 106 cm³/mol. The highest BCUT2D eigenvalue weighted by Gasteiger charge is 2.30. The van der Waals surface area contributed by atoms with Crippen molar-refractivity contribution in [3.05, 3.63) is 72.0 Å². The van der Waals surface area contributed by atoms with Gasteiger partial charge in [0.05, 0.1) is 12.5 Å². The highest BCUT2D eigenvalue weighted by atomic mass is 16.5. The summed E-state index contributed by atoms with van der Waals surface area (Å²) < 4.78 is 12.2. The molecule has 2 aliphatic rings. The summed E-state index contributed by atoms with van der Waals surface area (Å²) in [7, 11) is 0. The van der Waals surface area contributed by atoms with Crippen LogP contribution in [0.25, 0.3) is 0 Å². The van der Waals surface area contributed by atoms with Crippen LogP contribution in [0, 0.1) is 11.3 Å². The van der Waals surface area contributed by atoms with Gasteiger partial charge in [0.1, 0.15) is 17.3 Å². The Hall–Kier alpha value is -2.95. The van der Waals surface area contributed by atoms with Gasteiger partial charge < -0.3 is 20.1 Å². The minimum atomic E-state index is -0.0429. The number of para-hydroxylation sites is 2. The molecule has 5 heteroatoms. The predicted octanol–water partition coefficient (Wildman–Crippen LogP) is 4.06. The summed E-state index contributed by atoms with van der Waals surface area (Å²) in [5, 5.41) is 7.65. The molecule has 0 radical (unpaired) electrons. The SMILES string of the molecule is C=C(OC[C@H]1CCCN(C(=N)N)C1)C1c2ccccc2Oc2ccccc21. The number of nitrogens with one attached hydrogen (secondary N) is 1. The maximum absolute atomic E-state index is 7.65. The second kappa shape index (κ2) is 7.35. The summed E-state index contributed by atoms with van der Waals surface area (Å²) in [4.78, 5) is 1.92. The van der Waals surface area contributed by atoms with Crippen molar-refractivity contribution >= 4 is 5.96 Å². The molecule has 2 aromatic rings. The third-order valence-corrected chi connectivity index (χ3v) is 5.37. The van der Waals surface area contributed by atoms with E-state index in [9.17, 15) is 0 Å². The molecule has 0 amide bonds. The Morgan fingerprint density at radius 1 is 1.15 bits per heavy atom. The summed E-state index contributed by atoms with van der Waals surface area (Å²) in [5.74, 6) is 2.89. The molecule has 27 heavy (non-hydrogen) atoms. The van der Waals surface area contributed by atoms with E-state index in [1.807, 2.05) is 41.3 Å². The smallest absolute Gasteiger partial charge is 0.188 e. The van der Waals surface area contributed by atoms with E-state index in [4.69, 9.17) is 20.6 Å². The molecule has 0 bridgehead atoms. The first-order valence-electron chi connectivity index (χ1n) is 9.39. The highest BCUT2D eigenvalue weighted by Crippen LogP contribution is 2.47. The van der Waals surface area contributed by atoms with E-state index in [2.05, 4.69) is 18.7 Å². The first-order chi connectivity index (χ1) is 13.1. The third-order valence-electron chi connectivity index (χ3n) is 5.37. The standard InChI is InChI=1S/C22H25N3O2/c1-15(26-14-16-7-6-12-25(13-16)22(23)24)21-17-8-2-4-10-19(17)27-20-11-5-3-9-18(20)21/h2-5,8-11,16,21H,1,6-7,12-14H2,(H3,23,24)/t16-/m0/s1. The zero-order chi connectivity index (χ0) is 18.8. The summed E-state index contributed by atoms with van der Waals surface area (Å²) in [6.07, 6.45) is 2.11. The van der Waals surface area contributed by atoms with Crippen molar-refractivity contribution in [2.24, 2.45) is 11.7 Å². The van der Waals surface area contributed by atoms with E-state index >= 15 is 0 Å². The Kier molecular flexibility index (Phi) is 4.75. The Labute approximate surface area is 159 Å². The number of ether oxygens (including phenoxy) is 2. The van der Waals surface area contributed by atoms with Gasteiger partial charge in [-0.1, -0.05) is 43.0 Å². The number of allylic oxidation sites excluding steroid dienone is 1. The average Bonchev–Trinajstić information content (AvgIpc) is 2.70. The number of nitrogens with two attached hydrogens (primary N) is 1. The fraction of sp³-hybridized carbons (Fsp3) is 0.318. The number of hydrogen-bond donors (Lipinski definition) is 2. The Bertz CT molecular complexity index is 819. The van der Waals surface area contributed by atoms with Crippen LogP contribution >= 0.6 is 0 Å². The van der Waals surface area contributed by atoms with Gasteiger partial charge in [0.2, 0.25) is 0 Å². The van der Waals surface area contributed by atoms with Crippen LogP contribution < -0.4 is 10.5 Å². The average molecular weight is 363 g/mol. The lowest BCUT2D eigenvalue weighted by Crippen LogP contribution is -2.44. The van der Waals surface area contributed by atoms with Crippen LogP contribution in [0.15, 0.2) is 60.9 Å². The third kappa shape index (κ3) is 3.50. The topological polar surface area (TPSA) is 71.6 Å². The van der Waals surface area contributed by atoms with Crippen LogP contribution in [0.1, 0.15) is 29.9 Å². The molecule has 5 nitrogen and oxygen atoms in total. The first-order valence-corrected chi connectivity index (χ1v) is 9.39. The van der Waals surface area contributed by atoms with E-state index in [0.29, 0.717) is 12.5 Å². The molecule has 140 valence electrons. The number of piperidine rings is 1. The van der Waals surface area contributed by atoms with Gasteiger partial charge in [0, 0.05) is 30.1 Å². The fourth-order valence-electron chi connectivity index (χ4n) is 3.98. The highest BCUT2D eigenvalue weighted by molar-refractivity contribution is 5.74. The Morgan fingerprint density at radius 2 is 1.78 bits per heavy atom. The monoisotopic (exact) mass is 363 g/mol. The van der Waals surface area contributed by atoms with Gasteiger partial charge in [-0.15, -0.1) is 0 Å². The van der Waals surface area contributed by atoms with Crippen molar-refractivity contribution in [2.45, 2.75) is 18.8 Å². The van der Waals surface area contributed by atoms with Crippen molar-refractivity contribution in [1.82, 2.24) is 4.90 Å². The van der Waals surface area contributed by atoms with Gasteiger partial charge in [0.15, 0.2) is 5.96 Å². The van der Waals surface area contributed by atoms with Crippen LogP contribution in [0.3, 0.4) is 0 Å². The lowest BCUT2D eigenvalue weighted by atomic mass is 9.86. The van der Waals surface area contributed by atoms with E-state index in [1.54, 1.807) is 0 Å². The fourth-order valence-corrected chi connectivity index (χ4v) is 3.98. The van der Waals surface area contributed by atoms with Crippen molar-refractivity contribution in [1.29, 1.82) is 5.41 Å². The van der Waals surface area contributed by atoms with Gasteiger partial charge in [-0.25, -0.2) is 0 Å². The van der Waals surface area contributed by atoms with Crippen LogP contribution in [0.2, 0.25) is 0 Å². The van der Waals surface area contributed by atoms with Crippen molar-refractivity contribution in [2.75, 3.05) is 19.7 Å².